The predicted octanol–water partition coefficient (Wildman–Crippen LogP) is 12.8. The van der Waals surface area contributed by atoms with E-state index in [1.54, 1.807) is 0 Å². The molecule has 0 fully saturated rings. The van der Waals surface area contributed by atoms with Gasteiger partial charge in [-0.15, -0.1) is 0 Å². The number of nitrogens with one attached hydrogen (secondary N) is 1. The fourth-order valence-corrected chi connectivity index (χ4v) is 9.37. The molecule has 0 radical (unpaired) electrons. The van der Waals surface area contributed by atoms with E-state index in [4.69, 9.17) is 11.0 Å². The maximum Gasteiger partial charge on any atom is 0.299 e. The molecule has 4 heteroatoms. The lowest BCUT2D eigenvalue weighted by molar-refractivity contribution is -0.652. The molecule has 2 aromatic heterocycles. The second kappa shape index (κ2) is 14.4. The molecule has 0 saturated heterocycles. The highest BCUT2D eigenvalue weighted by molar-refractivity contribution is 6.10. The monoisotopic (exact) mass is 734 g/mol. The Kier molecular flexibility index (Phi) is 9.26. The van der Waals surface area contributed by atoms with Crippen LogP contribution in [-0.4, -0.2) is 17.7 Å². The molecule has 0 spiro atoms. The van der Waals surface area contributed by atoms with Crippen LogP contribution in [0.25, 0.3) is 72.3 Å². The summed E-state index contributed by atoms with van der Waals surface area (Å²) in [5.41, 5.74) is 16.7. The molecule has 6 aromatic carbocycles. The SMILES string of the molecule is C=C1C[n+]2c(n(-c3c(C(C)C)cc(-c4ccccc4)cc3C(C)C)c3ccccc32)-c2c(ccc3c2oc2cc(-c4ccccc4)ccc23)CCC(C)C1NC. The van der Waals surface area contributed by atoms with Crippen molar-refractivity contribution in [3.63, 3.8) is 0 Å². The second-order valence-electron chi connectivity index (χ2n) is 16.5. The summed E-state index contributed by atoms with van der Waals surface area (Å²) >= 11 is 0. The Morgan fingerprint density at radius 1 is 0.714 bits per heavy atom. The van der Waals surface area contributed by atoms with E-state index < -0.39 is 0 Å². The first kappa shape index (κ1) is 36.0. The van der Waals surface area contributed by atoms with Crippen molar-refractivity contribution in [1.82, 2.24) is 9.88 Å². The minimum atomic E-state index is 0.188. The molecule has 2 atom stereocenters. The molecule has 1 aliphatic heterocycles. The highest BCUT2D eigenvalue weighted by atomic mass is 16.3. The zero-order chi connectivity index (χ0) is 38.7. The molecule has 0 saturated carbocycles. The minimum absolute atomic E-state index is 0.188. The van der Waals surface area contributed by atoms with Crippen LogP contribution < -0.4 is 9.88 Å². The van der Waals surface area contributed by atoms with Gasteiger partial charge < -0.3 is 9.73 Å². The van der Waals surface area contributed by atoms with Gasteiger partial charge in [0.1, 0.15) is 23.4 Å². The Bertz CT molecular complexity index is 2720. The molecule has 56 heavy (non-hydrogen) atoms. The van der Waals surface area contributed by atoms with Gasteiger partial charge in [-0.1, -0.05) is 132 Å². The lowest BCUT2D eigenvalue weighted by atomic mass is 9.86. The summed E-state index contributed by atoms with van der Waals surface area (Å²) in [6, 6.07) is 46.9. The summed E-state index contributed by atoms with van der Waals surface area (Å²) in [5, 5.41) is 5.94. The third kappa shape index (κ3) is 5.99. The number of fused-ring (bicyclic) bond motifs is 9. The second-order valence-corrected chi connectivity index (χ2v) is 16.5. The van der Waals surface area contributed by atoms with Gasteiger partial charge in [-0.3, -0.25) is 0 Å². The van der Waals surface area contributed by atoms with Crippen LogP contribution in [0.1, 0.15) is 69.6 Å². The van der Waals surface area contributed by atoms with Crippen LogP contribution in [0.5, 0.6) is 0 Å². The molecular formula is C52H52N3O+. The van der Waals surface area contributed by atoms with E-state index >= 15 is 0 Å². The summed E-state index contributed by atoms with van der Waals surface area (Å²) in [6.45, 7) is 17.2. The third-order valence-electron chi connectivity index (χ3n) is 12.2. The fourth-order valence-electron chi connectivity index (χ4n) is 9.37. The molecule has 1 aliphatic rings. The van der Waals surface area contributed by atoms with E-state index in [2.05, 4.69) is 184 Å². The Labute approximate surface area is 331 Å². The zero-order valence-electron chi connectivity index (χ0n) is 33.6. The van der Waals surface area contributed by atoms with Gasteiger partial charge in [0.05, 0.1) is 0 Å². The number of para-hydroxylation sites is 2. The van der Waals surface area contributed by atoms with Crippen molar-refractivity contribution >= 4 is 33.0 Å². The van der Waals surface area contributed by atoms with E-state index in [1.807, 2.05) is 0 Å². The maximum absolute atomic E-state index is 7.19. The van der Waals surface area contributed by atoms with Gasteiger partial charge in [0.2, 0.25) is 0 Å². The average molecular weight is 735 g/mol. The third-order valence-corrected chi connectivity index (χ3v) is 12.2. The van der Waals surface area contributed by atoms with Gasteiger partial charge in [-0.05, 0) is 107 Å². The molecule has 9 rings (SSSR count). The largest absolute Gasteiger partial charge is 0.455 e. The van der Waals surface area contributed by atoms with Crippen LogP contribution in [0.15, 0.2) is 144 Å². The van der Waals surface area contributed by atoms with E-state index in [9.17, 15) is 0 Å². The van der Waals surface area contributed by atoms with Gasteiger partial charge in [-0.2, -0.15) is 4.57 Å². The van der Waals surface area contributed by atoms with Crippen LogP contribution in [0.2, 0.25) is 0 Å². The van der Waals surface area contributed by atoms with Crippen LogP contribution >= 0.6 is 0 Å². The highest BCUT2D eigenvalue weighted by Gasteiger charge is 2.37. The number of aryl methyl sites for hydroxylation is 1. The Morgan fingerprint density at radius 3 is 2.00 bits per heavy atom. The van der Waals surface area contributed by atoms with E-state index in [0.29, 0.717) is 12.5 Å². The lowest BCUT2D eigenvalue weighted by Gasteiger charge is -2.27. The number of hydrogen-bond donors (Lipinski definition) is 1. The van der Waals surface area contributed by atoms with Gasteiger partial charge in [0.15, 0.2) is 16.6 Å². The smallest absolute Gasteiger partial charge is 0.299 e. The van der Waals surface area contributed by atoms with E-state index in [-0.39, 0.29) is 17.9 Å². The molecule has 1 N–H and O–H groups in total. The number of benzene rings is 6. The fraction of sp³-hybridized carbons (Fsp3) is 0.250. The number of furan rings is 1. The van der Waals surface area contributed by atoms with Gasteiger partial charge in [0.25, 0.3) is 5.82 Å². The number of likely N-dealkylation sites (N-methyl/N-ethyl adjacent to an activating group) is 1. The Hall–Kier alpha value is -5.71. The zero-order valence-corrected chi connectivity index (χ0v) is 33.6. The molecule has 0 bridgehead atoms. The Morgan fingerprint density at radius 2 is 1.34 bits per heavy atom. The number of rotatable bonds is 6. The van der Waals surface area contributed by atoms with E-state index in [1.165, 1.54) is 61.2 Å². The standard InChI is InChI=1S/C52H52N3O/c1-32(2)43-28-40(37-18-12-9-13-19-37)29-44(33(3)4)50(43)55-46-21-15-14-20-45(46)54-31-35(6)49(53-7)34(5)22-23-38-24-27-42-41-26-25-39(36-16-10-8-11-17-36)30-47(41)56-51(42)48(38)52(54)55/h8-21,24-30,32-34,49,53H,6,22-23,31H2,1-5,7H3/q+1. The normalized spacial score (nSPS) is 16.2. The summed E-state index contributed by atoms with van der Waals surface area (Å²) in [6.07, 6.45) is 1.95. The molecule has 0 amide bonds. The first-order chi connectivity index (χ1) is 27.2. The van der Waals surface area contributed by atoms with Crippen LogP contribution in [-0.2, 0) is 13.0 Å². The van der Waals surface area contributed by atoms with Crippen molar-refractivity contribution in [3.05, 3.63) is 156 Å². The summed E-state index contributed by atoms with van der Waals surface area (Å²) in [4.78, 5) is 0. The number of hydrogen-bond acceptors (Lipinski definition) is 2. The molecule has 8 aromatic rings. The number of imidazole rings is 1. The average Bonchev–Trinajstić information content (AvgIpc) is 3.74. The van der Waals surface area contributed by atoms with Crippen molar-refractivity contribution < 1.29 is 8.98 Å². The first-order valence-electron chi connectivity index (χ1n) is 20.4. The Balaban J connectivity index is 1.43. The minimum Gasteiger partial charge on any atom is -0.455 e. The lowest BCUT2D eigenvalue weighted by Crippen LogP contribution is -2.44. The number of aromatic nitrogens is 2. The molecule has 3 heterocycles. The topological polar surface area (TPSA) is 34.0 Å². The van der Waals surface area contributed by atoms with Gasteiger partial charge in [0, 0.05) is 27.9 Å². The van der Waals surface area contributed by atoms with Crippen molar-refractivity contribution in [2.24, 2.45) is 5.92 Å². The van der Waals surface area contributed by atoms with Gasteiger partial charge in [-0.25, -0.2) is 4.57 Å². The molecule has 2 unspecified atom stereocenters. The maximum atomic E-state index is 7.19. The molecule has 4 nitrogen and oxygen atoms in total. The van der Waals surface area contributed by atoms with E-state index in [0.717, 1.165) is 46.2 Å². The summed E-state index contributed by atoms with van der Waals surface area (Å²) in [5.74, 6) is 2.10. The van der Waals surface area contributed by atoms with Crippen LogP contribution in [0.3, 0.4) is 0 Å². The summed E-state index contributed by atoms with van der Waals surface area (Å²) < 4.78 is 12.3. The van der Waals surface area contributed by atoms with Gasteiger partial charge >= 0.3 is 0 Å². The molecule has 0 aliphatic carbocycles. The first-order valence-corrected chi connectivity index (χ1v) is 20.4. The summed E-state index contributed by atoms with van der Waals surface area (Å²) in [7, 11) is 2.08. The highest BCUT2D eigenvalue weighted by Crippen LogP contribution is 2.44. The molecular weight excluding hydrogens is 683 g/mol. The predicted molar refractivity (Wildman–Crippen MR) is 235 cm³/mol. The quantitative estimate of drug-likeness (QED) is 0.136. The van der Waals surface area contributed by atoms with Crippen molar-refractivity contribution in [2.45, 2.75) is 71.9 Å². The van der Waals surface area contributed by atoms with Crippen LogP contribution in [0.4, 0.5) is 0 Å². The van der Waals surface area contributed by atoms with Crippen LogP contribution in [0, 0.1) is 5.92 Å². The van der Waals surface area contributed by atoms with Crippen molar-refractivity contribution in [3.8, 4) is 39.3 Å². The van der Waals surface area contributed by atoms with Crippen molar-refractivity contribution in [1.29, 1.82) is 0 Å². The van der Waals surface area contributed by atoms with Crippen molar-refractivity contribution in [2.75, 3.05) is 7.05 Å². The number of nitrogens with zero attached hydrogens (tertiary/aromatic N) is 2. The molecule has 280 valence electrons.